The van der Waals surface area contributed by atoms with Crippen LogP contribution in [0.4, 0.5) is 5.69 Å². The Bertz CT molecular complexity index is 650. The fraction of sp³-hybridized carbons (Fsp3) is 0.562. The van der Waals surface area contributed by atoms with Crippen molar-refractivity contribution in [2.75, 3.05) is 11.9 Å². The fourth-order valence-corrected chi connectivity index (χ4v) is 5.16. The Kier molecular flexibility index (Phi) is 4.23. The van der Waals surface area contributed by atoms with Crippen LogP contribution in [0.5, 0.6) is 0 Å². The fourth-order valence-electron chi connectivity index (χ4n) is 3.41. The Balaban J connectivity index is 1.81. The Morgan fingerprint density at radius 2 is 1.82 bits per heavy atom. The topological polar surface area (TPSA) is 66.5 Å². The van der Waals surface area contributed by atoms with Gasteiger partial charge in [0, 0.05) is 25.2 Å². The van der Waals surface area contributed by atoms with E-state index in [0.717, 1.165) is 25.7 Å². The van der Waals surface area contributed by atoms with E-state index in [1.807, 2.05) is 0 Å². The Morgan fingerprint density at radius 1 is 1.14 bits per heavy atom. The van der Waals surface area contributed by atoms with Crippen LogP contribution in [0.2, 0.25) is 0 Å². The first-order valence-electron chi connectivity index (χ1n) is 7.88. The van der Waals surface area contributed by atoms with Crippen LogP contribution in [0.25, 0.3) is 0 Å². The van der Waals surface area contributed by atoms with Gasteiger partial charge in [-0.1, -0.05) is 6.42 Å². The molecule has 1 saturated carbocycles. The van der Waals surface area contributed by atoms with Crippen molar-refractivity contribution < 1.29 is 13.2 Å². The van der Waals surface area contributed by atoms with Gasteiger partial charge in [-0.2, -0.15) is 4.31 Å². The van der Waals surface area contributed by atoms with Crippen LogP contribution >= 0.6 is 0 Å². The Hall–Kier alpha value is -1.40. The zero-order chi connectivity index (χ0) is 15.7. The van der Waals surface area contributed by atoms with Crippen molar-refractivity contribution in [1.29, 1.82) is 0 Å². The molecule has 6 heteroatoms. The highest BCUT2D eigenvalue weighted by atomic mass is 32.2. The molecule has 0 spiro atoms. The van der Waals surface area contributed by atoms with E-state index in [1.54, 1.807) is 28.6 Å². The van der Waals surface area contributed by atoms with Gasteiger partial charge in [0.2, 0.25) is 15.9 Å². The van der Waals surface area contributed by atoms with Crippen LogP contribution in [-0.4, -0.2) is 31.2 Å². The second-order valence-electron chi connectivity index (χ2n) is 6.22. The molecule has 1 aliphatic heterocycles. The largest absolute Gasteiger partial charge is 0.326 e. The van der Waals surface area contributed by atoms with Gasteiger partial charge in [0.15, 0.2) is 0 Å². The highest BCUT2D eigenvalue weighted by molar-refractivity contribution is 7.89. The van der Waals surface area contributed by atoms with E-state index in [-0.39, 0.29) is 11.9 Å². The molecule has 0 aromatic heterocycles. The highest BCUT2D eigenvalue weighted by Gasteiger charge is 2.41. The predicted octanol–water partition coefficient (Wildman–Crippen LogP) is 2.60. The van der Waals surface area contributed by atoms with E-state index >= 15 is 0 Å². The number of sulfonamides is 1. The maximum Gasteiger partial charge on any atom is 0.243 e. The molecule has 1 amide bonds. The van der Waals surface area contributed by atoms with Gasteiger partial charge in [-0.3, -0.25) is 4.79 Å². The molecule has 1 aromatic rings. The average molecular weight is 322 g/mol. The van der Waals surface area contributed by atoms with Crippen LogP contribution in [0.1, 0.15) is 39.0 Å². The summed E-state index contributed by atoms with van der Waals surface area (Å²) in [6.45, 7) is 2.05. The molecule has 2 aliphatic rings. The van der Waals surface area contributed by atoms with E-state index in [2.05, 4.69) is 5.32 Å². The summed E-state index contributed by atoms with van der Waals surface area (Å²) in [5, 5.41) is 2.65. The normalized spacial score (nSPS) is 23.2. The maximum atomic E-state index is 12.9. The van der Waals surface area contributed by atoms with Gasteiger partial charge in [-0.05, 0) is 55.9 Å². The molecule has 1 saturated heterocycles. The molecule has 5 nitrogen and oxygen atoms in total. The Morgan fingerprint density at radius 3 is 2.36 bits per heavy atom. The molecule has 0 radical (unpaired) electrons. The molecule has 2 fully saturated rings. The molecule has 1 aromatic carbocycles. The molecule has 1 atom stereocenters. The smallest absolute Gasteiger partial charge is 0.243 e. The number of amides is 1. The lowest BCUT2D eigenvalue weighted by molar-refractivity contribution is -0.114. The number of anilines is 1. The number of benzene rings is 1. The van der Waals surface area contributed by atoms with Crippen molar-refractivity contribution in [3.05, 3.63) is 24.3 Å². The van der Waals surface area contributed by atoms with Gasteiger partial charge in [-0.15, -0.1) is 0 Å². The molecular formula is C16H22N2O3S. The third-order valence-electron chi connectivity index (χ3n) is 4.72. The molecule has 0 bridgehead atoms. The average Bonchev–Trinajstić information content (AvgIpc) is 2.86. The molecule has 1 unspecified atom stereocenters. The van der Waals surface area contributed by atoms with Crippen molar-refractivity contribution in [3.8, 4) is 0 Å². The first-order chi connectivity index (χ1) is 10.5. The number of hydrogen-bond acceptors (Lipinski definition) is 3. The first kappa shape index (κ1) is 15.5. The molecular weight excluding hydrogens is 300 g/mol. The van der Waals surface area contributed by atoms with Crippen LogP contribution < -0.4 is 5.32 Å². The van der Waals surface area contributed by atoms with Crippen LogP contribution in [-0.2, 0) is 14.8 Å². The van der Waals surface area contributed by atoms with Crippen LogP contribution in [0.3, 0.4) is 0 Å². The van der Waals surface area contributed by atoms with Crippen LogP contribution in [0.15, 0.2) is 29.2 Å². The first-order valence-corrected chi connectivity index (χ1v) is 9.32. The van der Waals surface area contributed by atoms with Crippen molar-refractivity contribution in [2.24, 2.45) is 5.92 Å². The summed E-state index contributed by atoms with van der Waals surface area (Å²) in [7, 11) is -3.43. The standard InChI is InChI=1S/C16H22N2O3S/c1-12(19)17-14-7-9-15(10-8-14)22(20,21)18-11-3-6-16(18)13-4-2-5-13/h7-10,13,16H,2-6,11H2,1H3,(H,17,19). The molecule has 1 N–H and O–H groups in total. The number of rotatable bonds is 4. The minimum Gasteiger partial charge on any atom is -0.326 e. The zero-order valence-electron chi connectivity index (χ0n) is 12.8. The van der Waals surface area contributed by atoms with Gasteiger partial charge in [0.1, 0.15) is 0 Å². The Labute approximate surface area is 131 Å². The number of hydrogen-bond donors (Lipinski definition) is 1. The van der Waals surface area contributed by atoms with Gasteiger partial charge >= 0.3 is 0 Å². The van der Waals surface area contributed by atoms with Crippen molar-refractivity contribution in [2.45, 2.75) is 50.0 Å². The monoisotopic (exact) mass is 322 g/mol. The second-order valence-corrected chi connectivity index (χ2v) is 8.11. The molecule has 3 rings (SSSR count). The van der Waals surface area contributed by atoms with Crippen LogP contribution in [0, 0.1) is 5.92 Å². The molecule has 120 valence electrons. The number of carbonyl (C=O) groups is 1. The SMILES string of the molecule is CC(=O)Nc1ccc(S(=O)(=O)N2CCCC2C2CCC2)cc1. The van der Waals surface area contributed by atoms with E-state index in [4.69, 9.17) is 0 Å². The van der Waals surface area contributed by atoms with E-state index in [1.165, 1.54) is 13.3 Å². The van der Waals surface area contributed by atoms with E-state index in [9.17, 15) is 13.2 Å². The summed E-state index contributed by atoms with van der Waals surface area (Å²) < 4.78 is 27.4. The lowest BCUT2D eigenvalue weighted by Crippen LogP contribution is -2.42. The maximum absolute atomic E-state index is 12.9. The number of carbonyl (C=O) groups excluding carboxylic acids is 1. The summed E-state index contributed by atoms with van der Waals surface area (Å²) in [5.41, 5.74) is 0.614. The molecule has 1 heterocycles. The zero-order valence-corrected chi connectivity index (χ0v) is 13.6. The summed E-state index contributed by atoms with van der Waals surface area (Å²) in [6, 6.07) is 6.62. The summed E-state index contributed by atoms with van der Waals surface area (Å²) in [5.74, 6) is 0.371. The quantitative estimate of drug-likeness (QED) is 0.926. The third kappa shape index (κ3) is 2.90. The van der Waals surface area contributed by atoms with Crippen molar-refractivity contribution >= 4 is 21.6 Å². The van der Waals surface area contributed by atoms with Gasteiger partial charge in [0.25, 0.3) is 0 Å². The third-order valence-corrected chi connectivity index (χ3v) is 6.66. The lowest BCUT2D eigenvalue weighted by atomic mass is 9.79. The minimum atomic E-state index is -3.43. The molecule has 1 aliphatic carbocycles. The number of nitrogens with one attached hydrogen (secondary N) is 1. The number of nitrogens with zero attached hydrogens (tertiary/aromatic N) is 1. The summed E-state index contributed by atoms with van der Waals surface area (Å²) in [4.78, 5) is 11.3. The lowest BCUT2D eigenvalue weighted by Gasteiger charge is -2.36. The van der Waals surface area contributed by atoms with E-state index in [0.29, 0.717) is 23.0 Å². The predicted molar refractivity (Wildman–Crippen MR) is 85.0 cm³/mol. The summed E-state index contributed by atoms with van der Waals surface area (Å²) >= 11 is 0. The highest BCUT2D eigenvalue weighted by Crippen LogP contribution is 2.39. The van der Waals surface area contributed by atoms with E-state index < -0.39 is 10.0 Å². The second kappa shape index (κ2) is 6.01. The van der Waals surface area contributed by atoms with Crippen molar-refractivity contribution in [3.63, 3.8) is 0 Å². The molecule has 22 heavy (non-hydrogen) atoms. The summed E-state index contributed by atoms with van der Waals surface area (Å²) in [6.07, 6.45) is 5.45. The van der Waals surface area contributed by atoms with Crippen molar-refractivity contribution in [1.82, 2.24) is 4.31 Å². The minimum absolute atomic E-state index is 0.166. The van der Waals surface area contributed by atoms with Gasteiger partial charge < -0.3 is 5.32 Å². The van der Waals surface area contributed by atoms with Gasteiger partial charge in [0.05, 0.1) is 4.90 Å². The van der Waals surface area contributed by atoms with Gasteiger partial charge in [-0.25, -0.2) is 8.42 Å².